The number of rotatable bonds is 2. The Kier molecular flexibility index (Phi) is 2.83. The number of ether oxygens (including phenoxy) is 1. The first kappa shape index (κ1) is 11.9. The predicted molar refractivity (Wildman–Crippen MR) is 72.6 cm³/mol. The number of nitrogens with one attached hydrogen (secondary N) is 1. The summed E-state index contributed by atoms with van der Waals surface area (Å²) in [6.45, 7) is 1.97. The van der Waals surface area contributed by atoms with Gasteiger partial charge in [-0.05, 0) is 36.8 Å². The van der Waals surface area contributed by atoms with Gasteiger partial charge in [-0.2, -0.15) is 9.61 Å². The van der Waals surface area contributed by atoms with Crippen LogP contribution in [0.15, 0.2) is 39.6 Å². The molecule has 6 nitrogen and oxygen atoms in total. The Bertz CT molecular complexity index is 809. The zero-order valence-electron chi connectivity index (χ0n) is 9.92. The number of aromatic amines is 1. The minimum Gasteiger partial charge on any atom is -0.438 e. The third-order valence-electron chi connectivity index (χ3n) is 2.60. The highest BCUT2D eigenvalue weighted by atomic mass is 79.9. The van der Waals surface area contributed by atoms with Crippen LogP contribution in [-0.4, -0.2) is 19.8 Å². The molecule has 3 aromatic rings. The first-order valence-electron chi connectivity index (χ1n) is 5.52. The lowest BCUT2D eigenvalue weighted by Gasteiger charge is -2.06. The summed E-state index contributed by atoms with van der Waals surface area (Å²) in [7, 11) is 0. The van der Waals surface area contributed by atoms with Crippen molar-refractivity contribution >= 4 is 21.6 Å². The van der Waals surface area contributed by atoms with E-state index in [0.717, 1.165) is 14.6 Å². The Hall–Kier alpha value is -2.15. The molecule has 2 heterocycles. The van der Waals surface area contributed by atoms with Crippen LogP contribution in [0.1, 0.15) is 5.56 Å². The molecule has 1 N–H and O–H groups in total. The summed E-state index contributed by atoms with van der Waals surface area (Å²) in [4.78, 5) is 11.4. The molecule has 0 aliphatic rings. The minimum atomic E-state index is -0.396. The van der Waals surface area contributed by atoms with E-state index in [0.29, 0.717) is 17.3 Å². The molecule has 0 atom stereocenters. The molecule has 1 aromatic carbocycles. The van der Waals surface area contributed by atoms with Crippen LogP contribution in [0.2, 0.25) is 0 Å². The van der Waals surface area contributed by atoms with Gasteiger partial charge in [0.25, 0.3) is 0 Å². The topological polar surface area (TPSA) is 72.3 Å². The number of halogens is 1. The van der Waals surface area contributed by atoms with Crippen molar-refractivity contribution < 1.29 is 4.74 Å². The molecule has 96 valence electrons. The lowest BCUT2D eigenvalue weighted by molar-refractivity contribution is 0.451. The maximum Gasteiger partial charge on any atom is 0.364 e. The molecule has 0 fully saturated rings. The van der Waals surface area contributed by atoms with Crippen LogP contribution in [0, 0.1) is 6.92 Å². The van der Waals surface area contributed by atoms with Crippen molar-refractivity contribution in [2.24, 2.45) is 0 Å². The van der Waals surface area contributed by atoms with E-state index in [2.05, 4.69) is 31.2 Å². The molecule has 7 heteroatoms. The molecular weight excluding hydrogens is 312 g/mol. The van der Waals surface area contributed by atoms with Crippen molar-refractivity contribution in [2.75, 3.05) is 0 Å². The first-order chi connectivity index (χ1) is 9.13. The van der Waals surface area contributed by atoms with Crippen molar-refractivity contribution in [1.82, 2.24) is 19.8 Å². The van der Waals surface area contributed by atoms with Gasteiger partial charge in [-0.3, -0.25) is 0 Å². The molecule has 0 saturated heterocycles. The number of H-pyrrole nitrogens is 1. The molecule has 0 unspecified atom stereocenters. The fraction of sp³-hybridized carbons (Fsp3) is 0.0833. The Morgan fingerprint density at radius 2 is 2.16 bits per heavy atom. The smallest absolute Gasteiger partial charge is 0.364 e. The highest BCUT2D eigenvalue weighted by Crippen LogP contribution is 2.24. The van der Waals surface area contributed by atoms with E-state index in [1.807, 2.05) is 25.1 Å². The maximum absolute atomic E-state index is 11.4. The maximum atomic E-state index is 11.4. The summed E-state index contributed by atoms with van der Waals surface area (Å²) < 4.78 is 7.78. The van der Waals surface area contributed by atoms with Crippen LogP contribution < -0.4 is 10.4 Å². The average molecular weight is 321 g/mol. The van der Waals surface area contributed by atoms with Gasteiger partial charge in [0.2, 0.25) is 5.88 Å². The third kappa shape index (κ3) is 2.24. The highest BCUT2D eigenvalue weighted by Gasteiger charge is 2.05. The van der Waals surface area contributed by atoms with Crippen LogP contribution in [0.3, 0.4) is 0 Å². The summed E-state index contributed by atoms with van der Waals surface area (Å²) in [5, 5.41) is 10.2. The lowest BCUT2D eigenvalue weighted by atomic mass is 10.2. The lowest BCUT2D eigenvalue weighted by Crippen LogP contribution is -2.12. The van der Waals surface area contributed by atoms with Crippen molar-refractivity contribution in [3.8, 4) is 11.6 Å². The molecule has 0 spiro atoms. The molecule has 0 radical (unpaired) electrons. The van der Waals surface area contributed by atoms with E-state index < -0.39 is 5.69 Å². The number of hydrogen-bond donors (Lipinski definition) is 1. The van der Waals surface area contributed by atoms with Gasteiger partial charge < -0.3 is 4.74 Å². The van der Waals surface area contributed by atoms with Crippen LogP contribution in [0.25, 0.3) is 5.65 Å². The zero-order valence-corrected chi connectivity index (χ0v) is 11.5. The van der Waals surface area contributed by atoms with E-state index in [-0.39, 0.29) is 0 Å². The predicted octanol–water partition coefficient (Wildman–Crippen LogP) is 2.28. The number of hydrogen-bond acceptors (Lipinski definition) is 4. The first-order valence-corrected chi connectivity index (χ1v) is 6.31. The highest BCUT2D eigenvalue weighted by molar-refractivity contribution is 9.10. The van der Waals surface area contributed by atoms with Gasteiger partial charge >= 0.3 is 5.69 Å². The Labute approximate surface area is 116 Å². The van der Waals surface area contributed by atoms with Crippen molar-refractivity contribution in [1.29, 1.82) is 0 Å². The molecule has 2 aromatic heterocycles. The summed E-state index contributed by atoms with van der Waals surface area (Å²) in [6, 6.07) is 8.92. The standard InChI is InChI=1S/C12H9BrN4O2/c1-7-6-8(2-3-9(7)13)19-11-5-4-10-14-15-12(18)17(10)16-11/h2-6H,1H3,(H,15,18). The quantitative estimate of drug-likeness (QED) is 0.786. The van der Waals surface area contributed by atoms with Crippen LogP contribution in [-0.2, 0) is 0 Å². The van der Waals surface area contributed by atoms with Crippen molar-refractivity contribution in [3.63, 3.8) is 0 Å². The van der Waals surface area contributed by atoms with Gasteiger partial charge in [-0.15, -0.1) is 5.10 Å². The van der Waals surface area contributed by atoms with Crippen LogP contribution >= 0.6 is 15.9 Å². The monoisotopic (exact) mass is 320 g/mol. The number of nitrogens with zero attached hydrogens (tertiary/aromatic N) is 3. The SMILES string of the molecule is Cc1cc(Oc2ccc3n[nH]c(=O)n3n2)ccc1Br. The molecule has 0 aliphatic carbocycles. The fourth-order valence-electron chi connectivity index (χ4n) is 1.64. The van der Waals surface area contributed by atoms with Crippen molar-refractivity contribution in [3.05, 3.63) is 50.9 Å². The largest absolute Gasteiger partial charge is 0.438 e. The second kappa shape index (κ2) is 4.51. The van der Waals surface area contributed by atoms with E-state index in [1.165, 1.54) is 0 Å². The molecule has 19 heavy (non-hydrogen) atoms. The second-order valence-electron chi connectivity index (χ2n) is 3.98. The zero-order chi connectivity index (χ0) is 13.4. The van der Waals surface area contributed by atoms with Crippen molar-refractivity contribution in [2.45, 2.75) is 6.92 Å². The molecule has 3 rings (SSSR count). The third-order valence-corrected chi connectivity index (χ3v) is 3.49. The van der Waals surface area contributed by atoms with Gasteiger partial charge in [-0.25, -0.2) is 9.89 Å². The van der Waals surface area contributed by atoms with Gasteiger partial charge in [0.05, 0.1) is 0 Å². The summed E-state index contributed by atoms with van der Waals surface area (Å²) in [5.74, 6) is 0.988. The molecule has 0 bridgehead atoms. The Morgan fingerprint density at radius 3 is 2.95 bits per heavy atom. The second-order valence-corrected chi connectivity index (χ2v) is 4.84. The normalized spacial score (nSPS) is 10.8. The van der Waals surface area contributed by atoms with Gasteiger partial charge in [0, 0.05) is 10.5 Å². The fourth-order valence-corrected chi connectivity index (χ4v) is 1.89. The molecule has 0 amide bonds. The number of benzene rings is 1. The summed E-state index contributed by atoms with van der Waals surface area (Å²) in [6.07, 6.45) is 0. The number of aryl methyl sites for hydroxylation is 1. The van der Waals surface area contributed by atoms with Gasteiger partial charge in [-0.1, -0.05) is 15.9 Å². The molecule has 0 aliphatic heterocycles. The van der Waals surface area contributed by atoms with E-state index in [4.69, 9.17) is 4.74 Å². The van der Waals surface area contributed by atoms with E-state index in [1.54, 1.807) is 12.1 Å². The van der Waals surface area contributed by atoms with Crippen LogP contribution in [0.4, 0.5) is 0 Å². The molecule has 0 saturated carbocycles. The minimum absolute atomic E-state index is 0.331. The number of fused-ring (bicyclic) bond motifs is 1. The Morgan fingerprint density at radius 1 is 1.32 bits per heavy atom. The van der Waals surface area contributed by atoms with E-state index in [9.17, 15) is 4.79 Å². The summed E-state index contributed by atoms with van der Waals surface area (Å²) >= 11 is 3.42. The average Bonchev–Trinajstić information content (AvgIpc) is 2.76. The Balaban J connectivity index is 1.98. The van der Waals surface area contributed by atoms with Gasteiger partial charge in [0.1, 0.15) is 5.75 Å². The molecular formula is C12H9BrN4O2. The number of aromatic nitrogens is 4. The van der Waals surface area contributed by atoms with Gasteiger partial charge in [0.15, 0.2) is 5.65 Å². The summed E-state index contributed by atoms with van der Waals surface area (Å²) in [5.41, 5.74) is 1.11. The van der Waals surface area contributed by atoms with Crippen LogP contribution in [0.5, 0.6) is 11.6 Å². The van der Waals surface area contributed by atoms with E-state index >= 15 is 0 Å².